The van der Waals surface area contributed by atoms with Crippen molar-refractivity contribution < 1.29 is 19.4 Å². The van der Waals surface area contributed by atoms with E-state index in [4.69, 9.17) is 22.8 Å². The molecule has 1 saturated carbocycles. The van der Waals surface area contributed by atoms with E-state index in [1.807, 2.05) is 0 Å². The number of likely N-dealkylation sites (tertiary alicyclic amines) is 1. The summed E-state index contributed by atoms with van der Waals surface area (Å²) >= 11 is 6.44. The minimum absolute atomic E-state index is 0.112. The zero-order chi connectivity index (χ0) is 22.7. The Balaban J connectivity index is 1.35. The van der Waals surface area contributed by atoms with Crippen LogP contribution in [-0.4, -0.2) is 65.4 Å². The number of aromatic nitrogens is 1. The summed E-state index contributed by atoms with van der Waals surface area (Å²) in [5.41, 5.74) is 0.134. The molecule has 0 radical (unpaired) electrons. The lowest BCUT2D eigenvalue weighted by Crippen LogP contribution is -2.47. The number of rotatable bonds is 4. The lowest BCUT2D eigenvalue weighted by atomic mass is 9.77. The van der Waals surface area contributed by atoms with E-state index in [2.05, 4.69) is 26.0 Å². The third-order valence-corrected chi connectivity index (χ3v) is 7.31. The van der Waals surface area contributed by atoms with E-state index in [9.17, 15) is 14.7 Å². The molecule has 0 bridgehead atoms. The van der Waals surface area contributed by atoms with Gasteiger partial charge in [-0.1, -0.05) is 17.5 Å². The van der Waals surface area contributed by atoms with Crippen LogP contribution >= 0.6 is 11.6 Å². The highest BCUT2D eigenvalue weighted by atomic mass is 35.5. The van der Waals surface area contributed by atoms with Crippen molar-refractivity contribution in [1.82, 2.24) is 9.88 Å². The van der Waals surface area contributed by atoms with E-state index in [-0.39, 0.29) is 30.1 Å². The monoisotopic (exact) mass is 460 g/mol. The number of anilines is 2. The molecule has 4 rings (SSSR count). The van der Waals surface area contributed by atoms with Crippen LogP contribution in [0.25, 0.3) is 0 Å². The third kappa shape index (κ3) is 4.64. The summed E-state index contributed by atoms with van der Waals surface area (Å²) in [6.45, 7) is 2.10. The molecule has 1 aromatic heterocycles. The summed E-state index contributed by atoms with van der Waals surface area (Å²) in [6.07, 6.45) is 11.5. The number of terminal acetylenes is 1. The van der Waals surface area contributed by atoms with Crippen molar-refractivity contribution in [3.8, 4) is 12.3 Å². The highest BCUT2D eigenvalue weighted by Crippen LogP contribution is 2.44. The van der Waals surface area contributed by atoms with Gasteiger partial charge >= 0.3 is 6.09 Å². The van der Waals surface area contributed by atoms with Crippen molar-refractivity contribution in [3.63, 3.8) is 0 Å². The molecule has 2 amide bonds. The maximum absolute atomic E-state index is 13.3. The lowest BCUT2D eigenvalue weighted by molar-refractivity contribution is -0.139. The second-order valence-corrected chi connectivity index (χ2v) is 9.32. The number of carbonyl (C=O) groups excluding carboxylic acids is 2. The molecule has 2 saturated heterocycles. The van der Waals surface area contributed by atoms with Crippen LogP contribution in [0.1, 0.15) is 44.9 Å². The van der Waals surface area contributed by atoms with Crippen LogP contribution in [0.4, 0.5) is 16.3 Å². The first-order valence-corrected chi connectivity index (χ1v) is 11.6. The van der Waals surface area contributed by atoms with Gasteiger partial charge in [-0.05, 0) is 51.0 Å². The quantitative estimate of drug-likeness (QED) is 0.670. The van der Waals surface area contributed by atoms with Crippen molar-refractivity contribution in [2.75, 3.05) is 36.5 Å². The fourth-order valence-corrected chi connectivity index (χ4v) is 5.46. The predicted molar refractivity (Wildman–Crippen MR) is 122 cm³/mol. The van der Waals surface area contributed by atoms with Crippen LogP contribution in [0.15, 0.2) is 12.3 Å². The first kappa shape index (κ1) is 22.7. The minimum Gasteiger partial charge on any atom is -0.436 e. The molecule has 8 nitrogen and oxygen atoms in total. The number of hydrogen-bond acceptors (Lipinski definition) is 6. The van der Waals surface area contributed by atoms with E-state index >= 15 is 0 Å². The van der Waals surface area contributed by atoms with Crippen molar-refractivity contribution in [1.29, 1.82) is 0 Å². The summed E-state index contributed by atoms with van der Waals surface area (Å²) in [6, 6.07) is 1.90. The van der Waals surface area contributed by atoms with Crippen LogP contribution in [-0.2, 0) is 9.53 Å². The number of amides is 2. The topological polar surface area (TPSA) is 95.0 Å². The van der Waals surface area contributed by atoms with E-state index in [0.717, 1.165) is 51.5 Å². The number of ether oxygens (including phenoxy) is 1. The van der Waals surface area contributed by atoms with Crippen molar-refractivity contribution in [3.05, 3.63) is 17.3 Å². The number of nitrogens with zero attached hydrogens (tertiary/aromatic N) is 3. The minimum atomic E-state index is -0.662. The summed E-state index contributed by atoms with van der Waals surface area (Å²) < 4.78 is 4.79. The lowest BCUT2D eigenvalue weighted by Gasteiger charge is -2.40. The Hall–Kier alpha value is -2.50. The van der Waals surface area contributed by atoms with Crippen LogP contribution in [0.3, 0.4) is 0 Å². The van der Waals surface area contributed by atoms with Gasteiger partial charge in [-0.2, -0.15) is 0 Å². The predicted octanol–water partition coefficient (Wildman–Crippen LogP) is 3.04. The standard InChI is InChI=1S/C23H29ClN4O4/c1-2-13-32-22(31)26-16-14-19(24)20(25-15-16)27-10-7-23(8-11-27)9-12-28(21(23)30)17-3-5-18(29)6-4-17/h1,14-15,17-18,29H,3-13H2,(H,26,31). The summed E-state index contributed by atoms with van der Waals surface area (Å²) in [5.74, 6) is 3.15. The smallest absolute Gasteiger partial charge is 0.412 e. The molecule has 1 aromatic rings. The zero-order valence-electron chi connectivity index (χ0n) is 18.1. The van der Waals surface area contributed by atoms with Gasteiger partial charge in [0.1, 0.15) is 5.82 Å². The normalized spacial score (nSPS) is 25.0. The number of pyridine rings is 1. The molecule has 2 N–H and O–H groups in total. The van der Waals surface area contributed by atoms with Gasteiger partial charge in [0, 0.05) is 25.7 Å². The molecular formula is C23H29ClN4O4. The molecule has 9 heteroatoms. The number of halogens is 1. The van der Waals surface area contributed by atoms with Gasteiger partial charge in [0.15, 0.2) is 6.61 Å². The molecule has 3 fully saturated rings. The average molecular weight is 461 g/mol. The molecule has 0 unspecified atom stereocenters. The van der Waals surface area contributed by atoms with Crippen LogP contribution < -0.4 is 10.2 Å². The molecule has 1 spiro atoms. The Bertz CT molecular complexity index is 902. The largest absolute Gasteiger partial charge is 0.436 e. The summed E-state index contributed by atoms with van der Waals surface area (Å²) in [4.78, 5) is 33.6. The summed E-state index contributed by atoms with van der Waals surface area (Å²) in [7, 11) is 0. The molecule has 0 aromatic carbocycles. The van der Waals surface area contributed by atoms with Crippen LogP contribution in [0, 0.1) is 17.8 Å². The molecule has 32 heavy (non-hydrogen) atoms. The van der Waals surface area contributed by atoms with Gasteiger partial charge in [-0.15, -0.1) is 6.42 Å². The highest BCUT2D eigenvalue weighted by Gasteiger charge is 2.50. The van der Waals surface area contributed by atoms with E-state index in [0.29, 0.717) is 29.6 Å². The fourth-order valence-electron chi connectivity index (χ4n) is 5.17. The molecule has 172 valence electrons. The Labute approximate surface area is 193 Å². The maximum atomic E-state index is 13.3. The van der Waals surface area contributed by atoms with E-state index in [1.54, 1.807) is 6.07 Å². The Morgan fingerprint density at radius 2 is 1.97 bits per heavy atom. The van der Waals surface area contributed by atoms with E-state index < -0.39 is 6.09 Å². The van der Waals surface area contributed by atoms with Gasteiger partial charge in [0.05, 0.1) is 28.4 Å². The number of aliphatic hydroxyl groups excluding tert-OH is 1. The molecule has 3 heterocycles. The van der Waals surface area contributed by atoms with Gasteiger partial charge in [0.25, 0.3) is 0 Å². The van der Waals surface area contributed by atoms with Crippen molar-refractivity contribution in [2.45, 2.75) is 57.1 Å². The first-order chi connectivity index (χ1) is 15.4. The van der Waals surface area contributed by atoms with Crippen LogP contribution in [0.2, 0.25) is 5.02 Å². The summed E-state index contributed by atoms with van der Waals surface area (Å²) in [5, 5.41) is 12.7. The second-order valence-electron chi connectivity index (χ2n) is 8.91. The Morgan fingerprint density at radius 3 is 2.62 bits per heavy atom. The Morgan fingerprint density at radius 1 is 1.28 bits per heavy atom. The molecule has 2 aliphatic heterocycles. The highest BCUT2D eigenvalue weighted by molar-refractivity contribution is 6.33. The van der Waals surface area contributed by atoms with Gasteiger partial charge in [0.2, 0.25) is 5.91 Å². The maximum Gasteiger partial charge on any atom is 0.412 e. The Kier molecular flexibility index (Phi) is 6.77. The number of hydrogen-bond donors (Lipinski definition) is 2. The van der Waals surface area contributed by atoms with Gasteiger partial charge in [-0.25, -0.2) is 9.78 Å². The van der Waals surface area contributed by atoms with Crippen molar-refractivity contribution >= 4 is 35.1 Å². The average Bonchev–Trinajstić information content (AvgIpc) is 3.09. The van der Waals surface area contributed by atoms with Gasteiger partial charge in [-0.3, -0.25) is 10.1 Å². The first-order valence-electron chi connectivity index (χ1n) is 11.2. The molecule has 1 aliphatic carbocycles. The molecule has 3 aliphatic rings. The van der Waals surface area contributed by atoms with Crippen molar-refractivity contribution in [2.24, 2.45) is 5.41 Å². The number of piperidine rings is 1. The number of nitrogens with one attached hydrogen (secondary N) is 1. The molecular weight excluding hydrogens is 432 g/mol. The zero-order valence-corrected chi connectivity index (χ0v) is 18.8. The third-order valence-electron chi connectivity index (χ3n) is 7.03. The van der Waals surface area contributed by atoms with Crippen LogP contribution in [0.5, 0.6) is 0 Å². The second kappa shape index (κ2) is 9.55. The SMILES string of the molecule is C#CCOC(=O)Nc1cnc(N2CCC3(CC2)CCN(C2CCC(O)CC2)C3=O)c(Cl)c1. The van der Waals surface area contributed by atoms with E-state index in [1.165, 1.54) is 6.20 Å². The fraction of sp³-hybridized carbons (Fsp3) is 0.609. The number of aliphatic hydroxyl groups is 1. The van der Waals surface area contributed by atoms with Gasteiger partial charge < -0.3 is 19.6 Å². The molecule has 0 atom stereocenters. The number of carbonyl (C=O) groups is 2.